The molecule has 3 saturated carbocycles. The summed E-state index contributed by atoms with van der Waals surface area (Å²) in [7, 11) is 0. The minimum atomic E-state index is -1.23. The first-order valence-electron chi connectivity index (χ1n) is 7.47. The summed E-state index contributed by atoms with van der Waals surface area (Å²) in [4.78, 5) is 24.2. The van der Waals surface area contributed by atoms with Gasteiger partial charge in [-0.3, -0.25) is 9.59 Å². The molecule has 3 rings (SSSR count). The molecule has 0 saturated heterocycles. The zero-order chi connectivity index (χ0) is 13.7. The van der Waals surface area contributed by atoms with Gasteiger partial charge in [0.25, 0.3) is 0 Å². The van der Waals surface area contributed by atoms with Crippen LogP contribution in [0, 0.1) is 11.8 Å². The Kier molecular flexibility index (Phi) is 2.97. The van der Waals surface area contributed by atoms with Crippen LogP contribution in [0.4, 0.5) is 0 Å². The Morgan fingerprint density at radius 2 is 1.89 bits per heavy atom. The number of Topliss-reactive ketones (excluding diaryl/α,β-unsaturated/α-hetero) is 1. The van der Waals surface area contributed by atoms with Gasteiger partial charge in [-0.15, -0.1) is 0 Å². The lowest BCUT2D eigenvalue weighted by molar-refractivity contribution is -0.180. The lowest BCUT2D eigenvalue weighted by atomic mass is 9.68. The van der Waals surface area contributed by atoms with Crippen molar-refractivity contribution in [1.82, 2.24) is 0 Å². The monoisotopic (exact) mass is 266 g/mol. The fourth-order valence-corrected chi connectivity index (χ4v) is 4.80. The minimum Gasteiger partial charge on any atom is -0.458 e. The smallest absolute Gasteiger partial charge is 0.303 e. The fourth-order valence-electron chi connectivity index (χ4n) is 4.80. The van der Waals surface area contributed by atoms with E-state index in [2.05, 4.69) is 0 Å². The molecule has 0 aromatic heterocycles. The summed E-state index contributed by atoms with van der Waals surface area (Å²) >= 11 is 0. The number of esters is 1. The van der Waals surface area contributed by atoms with Gasteiger partial charge in [-0.1, -0.05) is 19.3 Å². The van der Waals surface area contributed by atoms with Crippen LogP contribution in [0.2, 0.25) is 0 Å². The molecule has 0 aromatic rings. The van der Waals surface area contributed by atoms with Crippen LogP contribution in [0.1, 0.15) is 58.3 Å². The van der Waals surface area contributed by atoms with Crippen molar-refractivity contribution in [1.29, 1.82) is 0 Å². The van der Waals surface area contributed by atoms with Crippen LogP contribution in [-0.2, 0) is 14.3 Å². The molecule has 0 amide bonds. The number of carbonyl (C=O) groups excluding carboxylic acids is 2. The maximum absolute atomic E-state index is 12.6. The van der Waals surface area contributed by atoms with Crippen molar-refractivity contribution < 1.29 is 19.4 Å². The highest BCUT2D eigenvalue weighted by Crippen LogP contribution is 2.58. The van der Waals surface area contributed by atoms with Gasteiger partial charge in [0.1, 0.15) is 11.2 Å². The van der Waals surface area contributed by atoms with Gasteiger partial charge in [0.15, 0.2) is 5.78 Å². The lowest BCUT2D eigenvalue weighted by Crippen LogP contribution is -2.51. The number of rotatable bonds is 1. The van der Waals surface area contributed by atoms with Gasteiger partial charge in [0.2, 0.25) is 0 Å². The Hall–Kier alpha value is -0.900. The Bertz CT molecular complexity index is 418. The zero-order valence-corrected chi connectivity index (χ0v) is 11.5. The largest absolute Gasteiger partial charge is 0.458 e. The standard InChI is InChI=1S/C15H22O4/c1-10(16)19-15-9-5-2-6-11(15)13(17)14(18)8-4-3-7-12(14)15/h11-12,18H,2-9H2,1H3/t11-,12-,14-,15+/m0/s1. The zero-order valence-electron chi connectivity index (χ0n) is 11.5. The Morgan fingerprint density at radius 1 is 1.21 bits per heavy atom. The molecule has 19 heavy (non-hydrogen) atoms. The highest BCUT2D eigenvalue weighted by molar-refractivity contribution is 5.94. The van der Waals surface area contributed by atoms with Crippen molar-refractivity contribution in [2.75, 3.05) is 0 Å². The third-order valence-electron chi connectivity index (χ3n) is 5.44. The second kappa shape index (κ2) is 4.30. The lowest BCUT2D eigenvalue weighted by Gasteiger charge is -2.44. The van der Waals surface area contributed by atoms with Crippen molar-refractivity contribution in [3.8, 4) is 0 Å². The van der Waals surface area contributed by atoms with Gasteiger partial charge in [-0.25, -0.2) is 0 Å². The van der Waals surface area contributed by atoms with Gasteiger partial charge in [-0.2, -0.15) is 0 Å². The van der Waals surface area contributed by atoms with Crippen LogP contribution < -0.4 is 0 Å². The molecule has 1 N–H and O–H groups in total. The molecule has 4 heteroatoms. The van der Waals surface area contributed by atoms with Gasteiger partial charge in [0.05, 0.1) is 5.92 Å². The molecule has 0 aliphatic heterocycles. The van der Waals surface area contributed by atoms with Crippen LogP contribution in [-0.4, -0.2) is 28.1 Å². The topological polar surface area (TPSA) is 63.6 Å². The van der Waals surface area contributed by atoms with E-state index in [-0.39, 0.29) is 23.6 Å². The number of carbonyl (C=O) groups is 2. The third-order valence-corrected chi connectivity index (χ3v) is 5.44. The number of ether oxygens (including phenoxy) is 1. The SMILES string of the molecule is CC(=O)O[C@]12CCCC[C@H]1C(=O)[C@]1(O)CCCC[C@H]21. The Morgan fingerprint density at radius 3 is 2.63 bits per heavy atom. The first-order chi connectivity index (χ1) is 9.01. The van der Waals surface area contributed by atoms with Gasteiger partial charge in [-0.05, 0) is 32.1 Å². The third kappa shape index (κ3) is 1.69. The second-order valence-electron chi connectivity index (χ2n) is 6.43. The van der Waals surface area contributed by atoms with Crippen molar-refractivity contribution >= 4 is 11.8 Å². The number of fused-ring (bicyclic) bond motifs is 3. The second-order valence-corrected chi connectivity index (χ2v) is 6.43. The summed E-state index contributed by atoms with van der Waals surface area (Å²) in [5, 5.41) is 10.8. The van der Waals surface area contributed by atoms with Crippen LogP contribution in [0.25, 0.3) is 0 Å². The highest BCUT2D eigenvalue weighted by Gasteiger charge is 2.69. The van der Waals surface area contributed by atoms with Gasteiger partial charge < -0.3 is 9.84 Å². The predicted molar refractivity (Wildman–Crippen MR) is 68.4 cm³/mol. The van der Waals surface area contributed by atoms with E-state index in [1.54, 1.807) is 0 Å². The number of hydrogen-bond donors (Lipinski definition) is 1. The fraction of sp³-hybridized carbons (Fsp3) is 0.867. The summed E-state index contributed by atoms with van der Waals surface area (Å²) in [6, 6.07) is 0. The molecule has 3 fully saturated rings. The van der Waals surface area contributed by atoms with E-state index in [4.69, 9.17) is 4.74 Å². The summed E-state index contributed by atoms with van der Waals surface area (Å²) in [5.41, 5.74) is -1.95. The van der Waals surface area contributed by atoms with Crippen LogP contribution in [0.5, 0.6) is 0 Å². The highest BCUT2D eigenvalue weighted by atomic mass is 16.6. The molecule has 0 radical (unpaired) electrons. The number of aliphatic hydroxyl groups is 1. The van der Waals surface area contributed by atoms with Crippen LogP contribution in [0.15, 0.2) is 0 Å². The van der Waals surface area contributed by atoms with E-state index in [0.29, 0.717) is 6.42 Å². The molecular formula is C15H22O4. The number of hydrogen-bond acceptors (Lipinski definition) is 4. The Balaban J connectivity index is 2.05. The van der Waals surface area contributed by atoms with E-state index in [1.165, 1.54) is 6.92 Å². The average molecular weight is 266 g/mol. The van der Waals surface area contributed by atoms with E-state index < -0.39 is 11.2 Å². The molecule has 3 aliphatic rings. The molecule has 0 aromatic carbocycles. The summed E-state index contributed by atoms with van der Waals surface area (Å²) in [5.74, 6) is -0.846. The predicted octanol–water partition coefficient (Wildman–Crippen LogP) is 1.98. The first kappa shape index (κ1) is 13.1. The molecule has 0 bridgehead atoms. The van der Waals surface area contributed by atoms with Crippen molar-refractivity contribution in [3.05, 3.63) is 0 Å². The van der Waals surface area contributed by atoms with Gasteiger partial charge in [0, 0.05) is 12.8 Å². The summed E-state index contributed by atoms with van der Waals surface area (Å²) in [6.07, 6.45) is 6.69. The first-order valence-corrected chi connectivity index (χ1v) is 7.47. The molecule has 0 spiro atoms. The van der Waals surface area contributed by atoms with Crippen molar-refractivity contribution in [3.63, 3.8) is 0 Å². The summed E-state index contributed by atoms with van der Waals surface area (Å²) < 4.78 is 5.69. The minimum absolute atomic E-state index is 0.0573. The normalized spacial score (nSPS) is 45.5. The van der Waals surface area contributed by atoms with Crippen LogP contribution in [0.3, 0.4) is 0 Å². The quantitative estimate of drug-likeness (QED) is 0.737. The molecule has 3 aliphatic carbocycles. The molecular weight excluding hydrogens is 244 g/mol. The molecule has 106 valence electrons. The van der Waals surface area contributed by atoms with Crippen LogP contribution >= 0.6 is 0 Å². The summed E-state index contributed by atoms with van der Waals surface area (Å²) in [6.45, 7) is 1.41. The average Bonchev–Trinajstić information content (AvgIpc) is 2.56. The molecule has 4 atom stereocenters. The Labute approximate surface area is 113 Å². The molecule has 4 nitrogen and oxygen atoms in total. The van der Waals surface area contributed by atoms with E-state index in [1.807, 2.05) is 0 Å². The van der Waals surface area contributed by atoms with E-state index >= 15 is 0 Å². The van der Waals surface area contributed by atoms with E-state index in [9.17, 15) is 14.7 Å². The molecule has 0 unspecified atom stereocenters. The maximum atomic E-state index is 12.6. The van der Waals surface area contributed by atoms with Crippen molar-refractivity contribution in [2.24, 2.45) is 11.8 Å². The number of ketones is 1. The van der Waals surface area contributed by atoms with Gasteiger partial charge >= 0.3 is 5.97 Å². The maximum Gasteiger partial charge on any atom is 0.303 e. The van der Waals surface area contributed by atoms with Crippen molar-refractivity contribution in [2.45, 2.75) is 69.5 Å². The van der Waals surface area contributed by atoms with E-state index in [0.717, 1.165) is 44.9 Å². The molecule has 0 heterocycles.